The molecule has 5 rings (SSSR count). The number of pyridine rings is 3. The summed E-state index contributed by atoms with van der Waals surface area (Å²) in [6, 6.07) is 5.37. The van der Waals surface area contributed by atoms with Crippen molar-refractivity contribution in [3.05, 3.63) is 51.3 Å². The fourth-order valence-corrected chi connectivity index (χ4v) is 4.03. The van der Waals surface area contributed by atoms with E-state index in [2.05, 4.69) is 19.9 Å². The van der Waals surface area contributed by atoms with Gasteiger partial charge in [-0.2, -0.15) is 8.42 Å². The second-order valence-corrected chi connectivity index (χ2v) is 9.65. The number of aromatic nitrogens is 5. The Morgan fingerprint density at radius 2 is 1.85 bits per heavy atom. The summed E-state index contributed by atoms with van der Waals surface area (Å²) in [5, 5.41) is 1.30. The van der Waals surface area contributed by atoms with E-state index in [0.29, 0.717) is 36.0 Å². The van der Waals surface area contributed by atoms with E-state index in [1.165, 1.54) is 0 Å². The Labute approximate surface area is 194 Å². The number of halogens is 1. The molecule has 0 aliphatic carbocycles. The summed E-state index contributed by atoms with van der Waals surface area (Å²) in [5.74, 6) is 0.742. The van der Waals surface area contributed by atoms with E-state index < -0.39 is 10.1 Å². The van der Waals surface area contributed by atoms with Gasteiger partial charge in [0.15, 0.2) is 0 Å². The van der Waals surface area contributed by atoms with Gasteiger partial charge in [-0.15, -0.1) is 0 Å². The highest BCUT2D eigenvalue weighted by atomic mass is 35.5. The molecule has 4 aromatic rings. The molecular formula is C21H22ClN5O5S. The molecule has 0 aromatic carbocycles. The molecule has 0 spiro atoms. The maximum Gasteiger partial charge on any atom is 0.261 e. The average molecular weight is 492 g/mol. The number of rotatable bonds is 2. The molecule has 0 radical (unpaired) electrons. The molecule has 0 bridgehead atoms. The van der Waals surface area contributed by atoms with Gasteiger partial charge in [-0.3, -0.25) is 14.3 Å². The van der Waals surface area contributed by atoms with Gasteiger partial charge >= 0.3 is 0 Å². The summed E-state index contributed by atoms with van der Waals surface area (Å²) in [5.41, 5.74) is 4.26. The van der Waals surface area contributed by atoms with Crippen LogP contribution in [0.15, 0.2) is 29.2 Å². The van der Waals surface area contributed by atoms with Crippen molar-refractivity contribution < 1.29 is 17.7 Å². The third-order valence-corrected chi connectivity index (χ3v) is 5.49. The molecule has 4 aromatic heterocycles. The van der Waals surface area contributed by atoms with Crippen molar-refractivity contribution in [1.82, 2.24) is 24.9 Å². The van der Waals surface area contributed by atoms with E-state index in [0.717, 1.165) is 46.2 Å². The number of nitrogens with zero attached hydrogens (tertiary/aromatic N) is 3. The third kappa shape index (κ3) is 5.38. The van der Waals surface area contributed by atoms with Crippen LogP contribution >= 0.6 is 11.6 Å². The molecule has 10 nitrogen and oxygen atoms in total. The largest absolute Gasteiger partial charge is 0.381 e. The minimum atomic E-state index is -3.67. The lowest BCUT2D eigenvalue weighted by molar-refractivity contribution is 0.0848. The number of nitrogens with one attached hydrogen (secondary N) is 2. The van der Waals surface area contributed by atoms with Gasteiger partial charge < -0.3 is 14.7 Å². The lowest BCUT2D eigenvalue weighted by atomic mass is 9.95. The Bertz CT molecular complexity index is 1480. The van der Waals surface area contributed by atoms with Gasteiger partial charge in [-0.25, -0.2) is 9.97 Å². The quantitative estimate of drug-likeness (QED) is 0.285. The van der Waals surface area contributed by atoms with Crippen molar-refractivity contribution in [1.29, 1.82) is 0 Å². The highest BCUT2D eigenvalue weighted by Crippen LogP contribution is 2.33. The number of aryl methyl sites for hydroxylation is 1. The van der Waals surface area contributed by atoms with Crippen LogP contribution in [-0.2, 0) is 14.9 Å². The van der Waals surface area contributed by atoms with E-state index in [-0.39, 0.29) is 11.5 Å². The Kier molecular flexibility index (Phi) is 6.48. The van der Waals surface area contributed by atoms with Crippen LogP contribution in [0, 0.1) is 6.92 Å². The lowest BCUT2D eigenvalue weighted by Gasteiger charge is -2.21. The van der Waals surface area contributed by atoms with Crippen molar-refractivity contribution in [2.45, 2.75) is 25.7 Å². The number of ether oxygens (including phenoxy) is 1. The van der Waals surface area contributed by atoms with Crippen LogP contribution in [0.2, 0.25) is 5.15 Å². The van der Waals surface area contributed by atoms with Crippen LogP contribution in [0.4, 0.5) is 0 Å². The smallest absolute Gasteiger partial charge is 0.261 e. The highest BCUT2D eigenvalue weighted by Gasteiger charge is 2.23. The molecule has 1 saturated heterocycles. The van der Waals surface area contributed by atoms with E-state index in [1.54, 1.807) is 18.3 Å². The molecule has 0 atom stereocenters. The first-order valence-corrected chi connectivity index (χ1v) is 12.4. The number of imidazole rings is 1. The summed E-state index contributed by atoms with van der Waals surface area (Å²) >= 11 is 6.26. The first kappa shape index (κ1) is 23.3. The molecule has 3 N–H and O–H groups in total. The van der Waals surface area contributed by atoms with Crippen molar-refractivity contribution >= 4 is 43.7 Å². The summed E-state index contributed by atoms with van der Waals surface area (Å²) in [6.45, 7) is 3.32. The minimum absolute atomic E-state index is 0.205. The average Bonchev–Trinajstić information content (AvgIpc) is 3.16. The molecule has 12 heteroatoms. The predicted octanol–water partition coefficient (Wildman–Crippen LogP) is 3.22. The standard InChI is InChI=1S/C20H18ClN5O2.CH4O3S/c1-10-12-8-13(20(27)24-14(12)2-5-22-10)19-23-15-9-16(21)25-17(18(15)26-19)11-3-6-28-7-4-11;1-5(2,3)4/h2,5,8-9,11H,3-4,6-7H2,1H3,(H,23,26)(H,24,27);1H3,(H,2,3,4). The van der Waals surface area contributed by atoms with Crippen LogP contribution in [0.25, 0.3) is 33.3 Å². The molecule has 5 heterocycles. The fraction of sp³-hybridized carbons (Fsp3) is 0.333. The molecule has 174 valence electrons. The van der Waals surface area contributed by atoms with Gasteiger partial charge in [-0.05, 0) is 31.9 Å². The van der Waals surface area contributed by atoms with Gasteiger partial charge in [0.1, 0.15) is 16.5 Å². The van der Waals surface area contributed by atoms with Crippen LogP contribution in [-0.4, -0.2) is 57.4 Å². The van der Waals surface area contributed by atoms with Gasteiger partial charge in [0.25, 0.3) is 15.7 Å². The molecular weight excluding hydrogens is 470 g/mol. The highest BCUT2D eigenvalue weighted by molar-refractivity contribution is 7.85. The topological polar surface area (TPSA) is 151 Å². The normalized spacial score (nSPS) is 14.9. The molecule has 0 unspecified atom stereocenters. The zero-order valence-electron chi connectivity index (χ0n) is 17.9. The zero-order chi connectivity index (χ0) is 23.8. The van der Waals surface area contributed by atoms with Gasteiger partial charge in [-0.1, -0.05) is 11.6 Å². The molecule has 0 amide bonds. The molecule has 1 aliphatic rings. The third-order valence-electron chi connectivity index (χ3n) is 5.30. The summed E-state index contributed by atoms with van der Waals surface area (Å²) < 4.78 is 31.3. The Morgan fingerprint density at radius 1 is 1.15 bits per heavy atom. The first-order chi connectivity index (χ1) is 15.6. The van der Waals surface area contributed by atoms with Crippen molar-refractivity contribution in [2.24, 2.45) is 0 Å². The Hall–Kier alpha value is -2.86. The van der Waals surface area contributed by atoms with Crippen molar-refractivity contribution in [2.75, 3.05) is 19.5 Å². The monoisotopic (exact) mass is 491 g/mol. The zero-order valence-corrected chi connectivity index (χ0v) is 19.5. The number of aromatic amines is 2. The number of H-pyrrole nitrogens is 2. The van der Waals surface area contributed by atoms with Gasteiger partial charge in [0.05, 0.1) is 28.5 Å². The SMILES string of the molecule is CS(=O)(=O)O.Cc1nccc2[nH]c(=O)c(-c3nc4c(C5CCOCC5)nc(Cl)cc4[nH]3)cc12. The number of hydrogen-bond donors (Lipinski definition) is 3. The van der Waals surface area contributed by atoms with Crippen LogP contribution in [0.5, 0.6) is 0 Å². The first-order valence-electron chi connectivity index (χ1n) is 10.2. The van der Waals surface area contributed by atoms with Crippen molar-refractivity contribution in [3.8, 4) is 11.4 Å². The molecule has 0 saturated carbocycles. The van der Waals surface area contributed by atoms with E-state index in [4.69, 9.17) is 25.9 Å². The maximum absolute atomic E-state index is 12.7. The number of hydrogen-bond acceptors (Lipinski definition) is 7. The molecule has 33 heavy (non-hydrogen) atoms. The summed E-state index contributed by atoms with van der Waals surface area (Å²) in [4.78, 5) is 32.4. The molecule has 1 fully saturated rings. The second-order valence-electron chi connectivity index (χ2n) is 7.80. The van der Waals surface area contributed by atoms with E-state index in [9.17, 15) is 13.2 Å². The van der Waals surface area contributed by atoms with Crippen LogP contribution in [0.3, 0.4) is 0 Å². The maximum atomic E-state index is 12.7. The predicted molar refractivity (Wildman–Crippen MR) is 125 cm³/mol. The summed E-state index contributed by atoms with van der Waals surface area (Å²) in [7, 11) is -3.67. The Balaban J connectivity index is 0.000000471. The molecule has 1 aliphatic heterocycles. The summed E-state index contributed by atoms with van der Waals surface area (Å²) in [6.07, 6.45) is 4.16. The van der Waals surface area contributed by atoms with Crippen LogP contribution < -0.4 is 5.56 Å². The Morgan fingerprint density at radius 3 is 2.55 bits per heavy atom. The lowest BCUT2D eigenvalue weighted by Crippen LogP contribution is -2.15. The van der Waals surface area contributed by atoms with E-state index in [1.807, 2.05) is 13.0 Å². The van der Waals surface area contributed by atoms with Crippen molar-refractivity contribution in [3.63, 3.8) is 0 Å². The van der Waals surface area contributed by atoms with Crippen LogP contribution in [0.1, 0.15) is 30.1 Å². The minimum Gasteiger partial charge on any atom is -0.381 e. The van der Waals surface area contributed by atoms with Gasteiger partial charge in [0.2, 0.25) is 0 Å². The van der Waals surface area contributed by atoms with E-state index >= 15 is 0 Å². The van der Waals surface area contributed by atoms with Gasteiger partial charge in [0, 0.05) is 42.5 Å². The fourth-order valence-electron chi connectivity index (χ4n) is 3.83. The second kappa shape index (κ2) is 9.18. The number of fused-ring (bicyclic) bond motifs is 2.